The van der Waals surface area contributed by atoms with E-state index in [-0.39, 0.29) is 13.1 Å². The van der Waals surface area contributed by atoms with Crippen molar-refractivity contribution in [3.63, 3.8) is 0 Å². The zero-order valence-electron chi connectivity index (χ0n) is 9.98. The van der Waals surface area contributed by atoms with Crippen LogP contribution in [0.3, 0.4) is 0 Å². The summed E-state index contributed by atoms with van der Waals surface area (Å²) < 4.78 is 67.1. The van der Waals surface area contributed by atoms with Crippen molar-refractivity contribution in [3.8, 4) is 0 Å². The summed E-state index contributed by atoms with van der Waals surface area (Å²) in [4.78, 5) is 11.8. The third kappa shape index (κ3) is 2.73. The number of carbonyl (C=O) groups is 1. The molecule has 1 rings (SSSR count). The molecule has 1 saturated heterocycles. The first-order chi connectivity index (χ1) is 8.03. The Hall–Kier alpha value is -0.920. The molecule has 0 aromatic carbocycles. The maximum absolute atomic E-state index is 12.9. The highest BCUT2D eigenvalue weighted by Gasteiger charge is 2.65. The van der Waals surface area contributed by atoms with Crippen LogP contribution >= 0.6 is 0 Å². The number of nitrogens with zero attached hydrogens (tertiary/aromatic N) is 1. The van der Waals surface area contributed by atoms with Gasteiger partial charge in [-0.05, 0) is 19.8 Å². The second kappa shape index (κ2) is 4.64. The van der Waals surface area contributed by atoms with Gasteiger partial charge in [-0.25, -0.2) is 0 Å². The summed E-state index contributed by atoms with van der Waals surface area (Å²) in [6.07, 6.45) is -5.04. The molecule has 0 saturated carbocycles. The predicted molar refractivity (Wildman–Crippen MR) is 52.2 cm³/mol. The first kappa shape index (κ1) is 15.1. The van der Waals surface area contributed by atoms with Gasteiger partial charge in [0.1, 0.15) is 0 Å². The third-order valence-corrected chi connectivity index (χ3v) is 3.06. The Bertz CT molecular complexity index is 331. The lowest BCUT2D eigenvalue weighted by atomic mass is 9.94. The number of amides is 1. The Labute approximate surface area is 101 Å². The van der Waals surface area contributed by atoms with Gasteiger partial charge in [-0.1, -0.05) is 0 Å². The predicted octanol–water partition coefficient (Wildman–Crippen LogP) is 2.21. The Morgan fingerprint density at radius 3 is 2.28 bits per heavy atom. The van der Waals surface area contributed by atoms with Gasteiger partial charge in [-0.15, -0.1) is 0 Å². The summed E-state index contributed by atoms with van der Waals surface area (Å²) in [6.45, 7) is 1.18. The van der Waals surface area contributed by atoms with Crippen LogP contribution in [0.2, 0.25) is 0 Å². The van der Waals surface area contributed by atoms with Gasteiger partial charge in [0.25, 0.3) is 0 Å². The van der Waals surface area contributed by atoms with Crippen LogP contribution in [0, 0.1) is 0 Å². The lowest BCUT2D eigenvalue weighted by Gasteiger charge is -2.40. The van der Waals surface area contributed by atoms with E-state index in [1.54, 1.807) is 6.92 Å². The van der Waals surface area contributed by atoms with Crippen LogP contribution in [0.25, 0.3) is 0 Å². The smallest absolute Gasteiger partial charge is 0.377 e. The summed E-state index contributed by atoms with van der Waals surface area (Å²) in [5.41, 5.74) is -0.879. The van der Waals surface area contributed by atoms with E-state index in [4.69, 9.17) is 4.74 Å². The fourth-order valence-corrected chi connectivity index (χ4v) is 1.87. The van der Waals surface area contributed by atoms with Crippen LogP contribution in [0.1, 0.15) is 19.8 Å². The van der Waals surface area contributed by atoms with Crippen LogP contribution < -0.4 is 0 Å². The minimum absolute atomic E-state index is 0.122. The van der Waals surface area contributed by atoms with E-state index in [1.807, 2.05) is 0 Å². The molecule has 0 aliphatic carbocycles. The van der Waals surface area contributed by atoms with Crippen LogP contribution in [0.5, 0.6) is 0 Å². The standard InChI is InChI=1S/C10H14F5NO2/c1-8(18-2)4-3-5-16(6-8)7(17)9(11,12)10(13,14)15/h3-6H2,1-2H3. The highest BCUT2D eigenvalue weighted by molar-refractivity contribution is 5.84. The molecule has 1 fully saturated rings. The van der Waals surface area contributed by atoms with Crippen molar-refractivity contribution in [2.45, 2.75) is 37.5 Å². The number of rotatable bonds is 2. The molecule has 0 radical (unpaired) electrons. The fourth-order valence-electron chi connectivity index (χ4n) is 1.87. The Morgan fingerprint density at radius 1 is 1.28 bits per heavy atom. The van der Waals surface area contributed by atoms with Crippen molar-refractivity contribution in [1.29, 1.82) is 0 Å². The first-order valence-electron chi connectivity index (χ1n) is 5.32. The highest BCUT2D eigenvalue weighted by Crippen LogP contribution is 2.38. The summed E-state index contributed by atoms with van der Waals surface area (Å²) in [6, 6.07) is 0. The molecular formula is C10H14F5NO2. The van der Waals surface area contributed by atoms with Crippen molar-refractivity contribution >= 4 is 5.91 Å². The monoisotopic (exact) mass is 275 g/mol. The quantitative estimate of drug-likeness (QED) is 0.723. The summed E-state index contributed by atoms with van der Waals surface area (Å²) in [5, 5.41) is 0. The molecular weight excluding hydrogens is 261 g/mol. The lowest BCUT2D eigenvalue weighted by molar-refractivity contribution is -0.275. The highest BCUT2D eigenvalue weighted by atomic mass is 19.4. The van der Waals surface area contributed by atoms with Gasteiger partial charge in [0.15, 0.2) is 0 Å². The van der Waals surface area contributed by atoms with Crippen molar-refractivity contribution in [2.24, 2.45) is 0 Å². The second-order valence-corrected chi connectivity index (χ2v) is 4.56. The van der Waals surface area contributed by atoms with E-state index in [2.05, 4.69) is 0 Å². The van der Waals surface area contributed by atoms with Gasteiger partial charge in [0.05, 0.1) is 5.60 Å². The largest absolute Gasteiger partial charge is 0.463 e. The number of alkyl halides is 5. The van der Waals surface area contributed by atoms with Gasteiger partial charge in [-0.3, -0.25) is 4.79 Å². The number of ether oxygens (including phenoxy) is 1. The third-order valence-electron chi connectivity index (χ3n) is 3.06. The van der Waals surface area contributed by atoms with Crippen LogP contribution in [-0.2, 0) is 9.53 Å². The minimum Gasteiger partial charge on any atom is -0.377 e. The Kier molecular flexibility index (Phi) is 3.90. The number of likely N-dealkylation sites (tertiary alicyclic amines) is 1. The zero-order valence-corrected chi connectivity index (χ0v) is 9.98. The normalized spacial score (nSPS) is 26.3. The molecule has 18 heavy (non-hydrogen) atoms. The molecule has 0 bridgehead atoms. The topological polar surface area (TPSA) is 29.5 Å². The molecule has 1 aliphatic heterocycles. The average molecular weight is 275 g/mol. The number of hydrogen-bond donors (Lipinski definition) is 0. The second-order valence-electron chi connectivity index (χ2n) is 4.56. The maximum Gasteiger partial charge on any atom is 0.463 e. The van der Waals surface area contributed by atoms with E-state index in [1.165, 1.54) is 7.11 Å². The maximum atomic E-state index is 12.9. The molecule has 1 amide bonds. The van der Waals surface area contributed by atoms with Gasteiger partial charge in [0.2, 0.25) is 0 Å². The zero-order chi connectivity index (χ0) is 14.2. The van der Waals surface area contributed by atoms with Crippen LogP contribution in [0.15, 0.2) is 0 Å². The van der Waals surface area contributed by atoms with Crippen LogP contribution in [0.4, 0.5) is 22.0 Å². The summed E-state index contributed by atoms with van der Waals surface area (Å²) >= 11 is 0. The number of piperidine rings is 1. The molecule has 1 aliphatic rings. The summed E-state index contributed by atoms with van der Waals surface area (Å²) in [7, 11) is 1.33. The number of carbonyl (C=O) groups excluding carboxylic acids is 1. The average Bonchev–Trinajstić information content (AvgIpc) is 2.26. The van der Waals surface area contributed by atoms with Gasteiger partial charge in [-0.2, -0.15) is 22.0 Å². The van der Waals surface area contributed by atoms with E-state index in [0.717, 1.165) is 0 Å². The van der Waals surface area contributed by atoms with E-state index >= 15 is 0 Å². The molecule has 1 heterocycles. The molecule has 1 unspecified atom stereocenters. The fraction of sp³-hybridized carbons (Fsp3) is 0.900. The molecule has 8 heteroatoms. The number of methoxy groups -OCH3 is 1. The molecule has 0 aromatic heterocycles. The van der Waals surface area contributed by atoms with Crippen molar-refractivity contribution in [3.05, 3.63) is 0 Å². The summed E-state index contributed by atoms with van der Waals surface area (Å²) in [5.74, 6) is -7.56. The van der Waals surface area contributed by atoms with Gasteiger partial charge in [0, 0.05) is 20.2 Å². The van der Waals surface area contributed by atoms with Crippen molar-refractivity contribution < 1.29 is 31.5 Å². The molecule has 0 aromatic rings. The Morgan fingerprint density at radius 2 is 1.83 bits per heavy atom. The number of hydrogen-bond acceptors (Lipinski definition) is 2. The SMILES string of the molecule is COC1(C)CCCN(C(=O)C(F)(F)C(F)(F)F)C1. The molecule has 0 N–H and O–H groups in total. The van der Waals surface area contributed by atoms with E-state index in [9.17, 15) is 26.7 Å². The lowest BCUT2D eigenvalue weighted by Crippen LogP contribution is -2.57. The van der Waals surface area contributed by atoms with Crippen LogP contribution in [-0.4, -0.2) is 48.7 Å². The van der Waals surface area contributed by atoms with Gasteiger partial charge < -0.3 is 9.64 Å². The first-order valence-corrected chi connectivity index (χ1v) is 5.32. The molecule has 106 valence electrons. The molecule has 3 nitrogen and oxygen atoms in total. The van der Waals surface area contributed by atoms with Crippen molar-refractivity contribution in [2.75, 3.05) is 20.2 Å². The Balaban J connectivity index is 2.85. The van der Waals surface area contributed by atoms with Gasteiger partial charge >= 0.3 is 18.0 Å². The minimum atomic E-state index is -5.87. The molecule has 0 spiro atoms. The van der Waals surface area contributed by atoms with E-state index in [0.29, 0.717) is 17.7 Å². The van der Waals surface area contributed by atoms with E-state index < -0.39 is 23.6 Å². The molecule has 1 atom stereocenters. The number of halogens is 5. The van der Waals surface area contributed by atoms with Crippen molar-refractivity contribution in [1.82, 2.24) is 4.90 Å².